The summed E-state index contributed by atoms with van der Waals surface area (Å²) in [5.74, 6) is -2.09. The largest absolute Gasteiger partial charge is 0.490 e. The molecule has 4 aromatic rings. The molecule has 0 amide bonds. The first kappa shape index (κ1) is 23.8. The van der Waals surface area contributed by atoms with E-state index in [0.717, 1.165) is 33.3 Å². The Balaban J connectivity index is 1.67. The lowest BCUT2D eigenvalue weighted by Gasteiger charge is -2.17. The number of Topliss-reactive ketones (excluding diaryl/α,β-unsaturated/α-hetero) is 1. The van der Waals surface area contributed by atoms with Crippen LogP contribution in [-0.4, -0.2) is 28.4 Å². The average Bonchev–Trinajstić information content (AvgIpc) is 2.86. The predicted octanol–water partition coefficient (Wildman–Crippen LogP) is 6.52. The van der Waals surface area contributed by atoms with Crippen molar-refractivity contribution in [2.75, 3.05) is 6.61 Å². The molecule has 0 aliphatic carbocycles. The molecule has 4 rings (SSSR count). The SMILES string of the molecule is CC(C)c1nc2ccccc2c(-c2ccc(F)cc2)c1/C=C/COc1ccc(C(=O)C(=O)O)cc1. The maximum Gasteiger partial charge on any atom is 0.377 e. The Labute approximate surface area is 202 Å². The number of aromatic nitrogens is 1. The number of nitrogens with zero attached hydrogens (tertiary/aromatic N) is 1. The number of fused-ring (bicyclic) bond motifs is 1. The van der Waals surface area contributed by atoms with Crippen molar-refractivity contribution in [3.8, 4) is 16.9 Å². The van der Waals surface area contributed by atoms with E-state index in [2.05, 4.69) is 13.8 Å². The summed E-state index contributed by atoms with van der Waals surface area (Å²) < 4.78 is 19.4. The fraction of sp³-hybridized carbons (Fsp3) is 0.138. The summed E-state index contributed by atoms with van der Waals surface area (Å²) in [5, 5.41) is 9.79. The zero-order valence-electron chi connectivity index (χ0n) is 19.4. The molecule has 0 saturated carbocycles. The van der Waals surface area contributed by atoms with Gasteiger partial charge in [0, 0.05) is 22.1 Å². The first-order chi connectivity index (χ1) is 16.8. The molecular weight excluding hydrogens is 445 g/mol. The van der Waals surface area contributed by atoms with Gasteiger partial charge in [0.25, 0.3) is 5.78 Å². The fourth-order valence-corrected chi connectivity index (χ4v) is 3.92. The Morgan fingerprint density at radius 2 is 1.69 bits per heavy atom. The molecule has 5 nitrogen and oxygen atoms in total. The van der Waals surface area contributed by atoms with Crippen molar-refractivity contribution in [1.82, 2.24) is 4.98 Å². The van der Waals surface area contributed by atoms with Crippen LogP contribution < -0.4 is 4.74 Å². The Bertz CT molecular complexity index is 1410. The summed E-state index contributed by atoms with van der Waals surface area (Å²) in [7, 11) is 0. The van der Waals surface area contributed by atoms with E-state index in [1.165, 1.54) is 24.3 Å². The molecular formula is C29H24FNO4. The van der Waals surface area contributed by atoms with Crippen molar-refractivity contribution >= 4 is 28.7 Å². The van der Waals surface area contributed by atoms with Gasteiger partial charge in [-0.05, 0) is 60.0 Å². The van der Waals surface area contributed by atoms with Crippen molar-refractivity contribution in [3.05, 3.63) is 102 Å². The molecule has 1 heterocycles. The maximum atomic E-state index is 13.7. The highest BCUT2D eigenvalue weighted by molar-refractivity contribution is 6.39. The number of carboxylic acid groups (broad SMARTS) is 1. The third-order valence-corrected chi connectivity index (χ3v) is 5.58. The molecule has 0 aliphatic heterocycles. The van der Waals surface area contributed by atoms with Crippen LogP contribution >= 0.6 is 0 Å². The van der Waals surface area contributed by atoms with Crippen LogP contribution in [0.25, 0.3) is 28.1 Å². The highest BCUT2D eigenvalue weighted by atomic mass is 19.1. The quantitative estimate of drug-likeness (QED) is 0.235. The van der Waals surface area contributed by atoms with E-state index in [0.29, 0.717) is 5.75 Å². The van der Waals surface area contributed by atoms with Crippen LogP contribution in [-0.2, 0) is 4.79 Å². The van der Waals surface area contributed by atoms with Gasteiger partial charge in [-0.25, -0.2) is 9.18 Å². The van der Waals surface area contributed by atoms with E-state index in [4.69, 9.17) is 14.8 Å². The second-order valence-corrected chi connectivity index (χ2v) is 8.34. The van der Waals surface area contributed by atoms with E-state index < -0.39 is 11.8 Å². The molecule has 35 heavy (non-hydrogen) atoms. The number of halogens is 1. The number of ketones is 1. The topological polar surface area (TPSA) is 76.5 Å². The van der Waals surface area contributed by atoms with Gasteiger partial charge in [0.2, 0.25) is 0 Å². The summed E-state index contributed by atoms with van der Waals surface area (Å²) in [4.78, 5) is 27.3. The van der Waals surface area contributed by atoms with Crippen LogP contribution in [0.4, 0.5) is 4.39 Å². The number of hydrogen-bond donors (Lipinski definition) is 1. The standard InChI is InChI=1S/C29H24FNO4/c1-18(2)27-24(7-5-17-35-22-15-11-20(12-16-22)28(32)29(33)34)26(19-9-13-21(30)14-10-19)23-6-3-4-8-25(23)31-27/h3-16,18H,17H2,1-2H3,(H,33,34)/b7-5+. The van der Waals surface area contributed by atoms with Gasteiger partial charge in [-0.15, -0.1) is 0 Å². The van der Waals surface area contributed by atoms with Crippen molar-refractivity contribution in [3.63, 3.8) is 0 Å². The lowest BCUT2D eigenvalue weighted by molar-refractivity contribution is -0.131. The number of rotatable bonds is 8. The van der Waals surface area contributed by atoms with E-state index in [9.17, 15) is 14.0 Å². The van der Waals surface area contributed by atoms with E-state index in [-0.39, 0.29) is 23.9 Å². The van der Waals surface area contributed by atoms with E-state index >= 15 is 0 Å². The summed E-state index contributed by atoms with van der Waals surface area (Å²) in [5.41, 5.74) is 4.71. The minimum Gasteiger partial charge on any atom is -0.490 e. The third kappa shape index (κ3) is 5.27. The van der Waals surface area contributed by atoms with Crippen LogP contribution in [0.5, 0.6) is 5.75 Å². The van der Waals surface area contributed by atoms with Gasteiger partial charge in [-0.3, -0.25) is 9.78 Å². The van der Waals surface area contributed by atoms with Gasteiger partial charge < -0.3 is 9.84 Å². The Morgan fingerprint density at radius 3 is 2.34 bits per heavy atom. The highest BCUT2D eigenvalue weighted by Gasteiger charge is 2.17. The summed E-state index contributed by atoms with van der Waals surface area (Å²) >= 11 is 0. The van der Waals surface area contributed by atoms with Crippen molar-refractivity contribution in [1.29, 1.82) is 0 Å². The van der Waals surface area contributed by atoms with Crippen molar-refractivity contribution in [2.24, 2.45) is 0 Å². The second kappa shape index (κ2) is 10.3. The van der Waals surface area contributed by atoms with Gasteiger partial charge in [0.05, 0.1) is 11.2 Å². The fourth-order valence-electron chi connectivity index (χ4n) is 3.92. The number of aliphatic carboxylic acids is 1. The number of para-hydroxylation sites is 1. The first-order valence-electron chi connectivity index (χ1n) is 11.2. The number of carboxylic acids is 1. The summed E-state index contributed by atoms with van der Waals surface area (Å²) in [6.45, 7) is 4.41. The Morgan fingerprint density at radius 1 is 1.00 bits per heavy atom. The monoisotopic (exact) mass is 469 g/mol. The van der Waals surface area contributed by atoms with Crippen LogP contribution in [0.2, 0.25) is 0 Å². The molecule has 3 aromatic carbocycles. The van der Waals surface area contributed by atoms with Gasteiger partial charge in [0.1, 0.15) is 18.2 Å². The second-order valence-electron chi connectivity index (χ2n) is 8.34. The number of carbonyl (C=O) groups is 2. The van der Waals surface area contributed by atoms with Crippen molar-refractivity contribution in [2.45, 2.75) is 19.8 Å². The zero-order chi connectivity index (χ0) is 24.9. The molecule has 0 saturated heterocycles. The maximum absolute atomic E-state index is 13.7. The highest BCUT2D eigenvalue weighted by Crippen LogP contribution is 2.36. The van der Waals surface area contributed by atoms with E-state index in [1.807, 2.05) is 36.4 Å². The molecule has 1 N–H and O–H groups in total. The Kier molecular flexibility index (Phi) is 7.01. The number of carbonyl (C=O) groups excluding carboxylic acids is 1. The first-order valence-corrected chi connectivity index (χ1v) is 11.2. The van der Waals surface area contributed by atoms with Gasteiger partial charge >= 0.3 is 5.97 Å². The molecule has 0 radical (unpaired) electrons. The van der Waals surface area contributed by atoms with Gasteiger partial charge in [0.15, 0.2) is 0 Å². The van der Waals surface area contributed by atoms with Crippen LogP contribution in [0.3, 0.4) is 0 Å². The molecule has 0 unspecified atom stereocenters. The average molecular weight is 470 g/mol. The third-order valence-electron chi connectivity index (χ3n) is 5.58. The minimum absolute atomic E-state index is 0.0909. The Hall–Kier alpha value is -4.32. The molecule has 0 fully saturated rings. The molecule has 6 heteroatoms. The van der Waals surface area contributed by atoms with Crippen LogP contribution in [0, 0.1) is 5.82 Å². The van der Waals surface area contributed by atoms with E-state index in [1.54, 1.807) is 24.3 Å². The minimum atomic E-state index is -1.50. The lowest BCUT2D eigenvalue weighted by Crippen LogP contribution is -2.12. The summed E-state index contributed by atoms with van der Waals surface area (Å²) in [6, 6.07) is 20.3. The summed E-state index contributed by atoms with van der Waals surface area (Å²) in [6.07, 6.45) is 3.84. The predicted molar refractivity (Wildman–Crippen MR) is 134 cm³/mol. The zero-order valence-corrected chi connectivity index (χ0v) is 19.4. The number of hydrogen-bond acceptors (Lipinski definition) is 4. The van der Waals surface area contributed by atoms with Crippen LogP contribution in [0.1, 0.15) is 41.4 Å². The van der Waals surface area contributed by atoms with Gasteiger partial charge in [-0.1, -0.05) is 50.3 Å². The molecule has 1 aromatic heterocycles. The molecule has 0 spiro atoms. The number of pyridine rings is 1. The van der Waals surface area contributed by atoms with Crippen LogP contribution in [0.15, 0.2) is 78.9 Å². The lowest BCUT2D eigenvalue weighted by atomic mass is 9.90. The molecule has 0 bridgehead atoms. The van der Waals surface area contributed by atoms with Crippen molar-refractivity contribution < 1.29 is 23.8 Å². The number of ether oxygens (including phenoxy) is 1. The normalized spacial score (nSPS) is 11.3. The molecule has 176 valence electrons. The smallest absolute Gasteiger partial charge is 0.377 e. The molecule has 0 aliphatic rings. The van der Waals surface area contributed by atoms with Gasteiger partial charge in [-0.2, -0.15) is 0 Å². The number of benzene rings is 3. The molecule has 0 atom stereocenters.